The normalized spacial score (nSPS) is 18.6. The maximum absolute atomic E-state index is 12.9. The van der Waals surface area contributed by atoms with Crippen LogP contribution in [-0.2, 0) is 4.79 Å². The van der Waals surface area contributed by atoms with Gasteiger partial charge in [-0.05, 0) is 18.1 Å². The Balaban J connectivity index is 1.87. The molecule has 1 aliphatic heterocycles. The molecule has 2 N–H and O–H groups in total. The van der Waals surface area contributed by atoms with Gasteiger partial charge < -0.3 is 15.3 Å². The fourth-order valence-corrected chi connectivity index (χ4v) is 2.89. The molecule has 120 valence electrons. The number of para-hydroxylation sites is 1. The largest absolute Gasteiger partial charge is 0.481 e. The SMILES string of the molecule is O=C(O)CC1CNCCN(C(=O)c2cccc3nccnc23)C1. The van der Waals surface area contributed by atoms with Crippen LogP contribution in [0, 0.1) is 5.92 Å². The van der Waals surface area contributed by atoms with E-state index in [1.54, 1.807) is 29.4 Å². The highest BCUT2D eigenvalue weighted by Gasteiger charge is 2.25. The number of aromatic nitrogens is 2. The second kappa shape index (κ2) is 6.70. The van der Waals surface area contributed by atoms with Gasteiger partial charge in [-0.15, -0.1) is 0 Å². The number of hydrogen-bond donors (Lipinski definition) is 2. The minimum atomic E-state index is -0.845. The number of nitrogens with one attached hydrogen (secondary N) is 1. The van der Waals surface area contributed by atoms with Gasteiger partial charge in [0.2, 0.25) is 0 Å². The molecule has 7 nitrogen and oxygen atoms in total. The molecule has 2 aromatic rings. The number of aliphatic carboxylic acids is 1. The molecule has 1 atom stereocenters. The van der Waals surface area contributed by atoms with Crippen molar-refractivity contribution in [3.05, 3.63) is 36.2 Å². The van der Waals surface area contributed by atoms with Crippen molar-refractivity contribution in [1.29, 1.82) is 0 Å². The van der Waals surface area contributed by atoms with Crippen LogP contribution in [0.3, 0.4) is 0 Å². The molecule has 0 radical (unpaired) electrons. The van der Waals surface area contributed by atoms with E-state index in [2.05, 4.69) is 15.3 Å². The Labute approximate surface area is 133 Å². The summed E-state index contributed by atoms with van der Waals surface area (Å²) in [5.41, 5.74) is 1.76. The molecule has 1 saturated heterocycles. The molecule has 0 spiro atoms. The second-order valence-corrected chi connectivity index (χ2v) is 5.65. The number of carboxylic acids is 1. The van der Waals surface area contributed by atoms with Crippen LogP contribution >= 0.6 is 0 Å². The summed E-state index contributed by atoms with van der Waals surface area (Å²) < 4.78 is 0. The van der Waals surface area contributed by atoms with E-state index in [1.807, 2.05) is 6.07 Å². The van der Waals surface area contributed by atoms with Crippen LogP contribution in [-0.4, -0.2) is 58.0 Å². The van der Waals surface area contributed by atoms with E-state index in [4.69, 9.17) is 5.11 Å². The molecule has 1 aromatic carbocycles. The van der Waals surface area contributed by atoms with E-state index in [9.17, 15) is 9.59 Å². The van der Waals surface area contributed by atoms with Gasteiger partial charge in [-0.25, -0.2) is 0 Å². The highest BCUT2D eigenvalue weighted by molar-refractivity contribution is 6.04. The smallest absolute Gasteiger partial charge is 0.303 e. The van der Waals surface area contributed by atoms with Crippen molar-refractivity contribution in [1.82, 2.24) is 20.2 Å². The number of carboxylic acid groups (broad SMARTS) is 1. The average Bonchev–Trinajstić information content (AvgIpc) is 2.78. The first kappa shape index (κ1) is 15.4. The molecule has 1 amide bonds. The van der Waals surface area contributed by atoms with E-state index in [0.29, 0.717) is 42.8 Å². The van der Waals surface area contributed by atoms with Gasteiger partial charge in [0.1, 0.15) is 5.52 Å². The molecule has 0 saturated carbocycles. The molecule has 1 unspecified atom stereocenters. The zero-order valence-electron chi connectivity index (χ0n) is 12.6. The molecule has 0 bridgehead atoms. The van der Waals surface area contributed by atoms with Crippen LogP contribution in [0.5, 0.6) is 0 Å². The predicted octanol–water partition coefficient (Wildman–Crippen LogP) is 0.766. The summed E-state index contributed by atoms with van der Waals surface area (Å²) in [4.78, 5) is 34.0. The number of amides is 1. The summed E-state index contributed by atoms with van der Waals surface area (Å²) in [6.07, 6.45) is 3.21. The summed E-state index contributed by atoms with van der Waals surface area (Å²) in [7, 11) is 0. The van der Waals surface area contributed by atoms with Crippen molar-refractivity contribution < 1.29 is 14.7 Å². The van der Waals surface area contributed by atoms with Crippen molar-refractivity contribution in [2.75, 3.05) is 26.2 Å². The van der Waals surface area contributed by atoms with Crippen molar-refractivity contribution in [3.63, 3.8) is 0 Å². The second-order valence-electron chi connectivity index (χ2n) is 5.65. The third kappa shape index (κ3) is 3.45. The maximum Gasteiger partial charge on any atom is 0.303 e. The Morgan fingerprint density at radius 1 is 1.30 bits per heavy atom. The summed E-state index contributed by atoms with van der Waals surface area (Å²) in [6, 6.07) is 5.34. The quantitative estimate of drug-likeness (QED) is 0.869. The molecule has 3 rings (SSSR count). The zero-order chi connectivity index (χ0) is 16.2. The first-order chi connectivity index (χ1) is 11.1. The standard InChI is InChI=1S/C16H18N4O3/c21-14(22)8-11-9-17-6-7-20(10-11)16(23)12-2-1-3-13-15(12)19-5-4-18-13/h1-5,11,17H,6-10H2,(H,21,22). The summed E-state index contributed by atoms with van der Waals surface area (Å²) in [5.74, 6) is -1.07. The molecule has 1 aliphatic rings. The lowest BCUT2D eigenvalue weighted by Crippen LogP contribution is -2.36. The van der Waals surface area contributed by atoms with Crippen LogP contribution < -0.4 is 5.32 Å². The number of hydrogen-bond acceptors (Lipinski definition) is 5. The predicted molar refractivity (Wildman–Crippen MR) is 84.1 cm³/mol. The Kier molecular flexibility index (Phi) is 4.47. The number of carbonyl (C=O) groups is 2. The van der Waals surface area contributed by atoms with Gasteiger partial charge in [0.15, 0.2) is 0 Å². The molecule has 1 fully saturated rings. The first-order valence-corrected chi connectivity index (χ1v) is 7.56. The highest BCUT2D eigenvalue weighted by atomic mass is 16.4. The lowest BCUT2D eigenvalue weighted by Gasteiger charge is -2.23. The Morgan fingerprint density at radius 2 is 2.13 bits per heavy atom. The first-order valence-electron chi connectivity index (χ1n) is 7.56. The minimum Gasteiger partial charge on any atom is -0.481 e. The van der Waals surface area contributed by atoms with E-state index >= 15 is 0 Å². The third-order valence-electron chi connectivity index (χ3n) is 3.95. The molecule has 23 heavy (non-hydrogen) atoms. The number of rotatable bonds is 3. The highest BCUT2D eigenvalue weighted by Crippen LogP contribution is 2.18. The lowest BCUT2D eigenvalue weighted by atomic mass is 10.0. The number of fused-ring (bicyclic) bond motifs is 1. The van der Waals surface area contributed by atoms with Crippen molar-refractivity contribution in [2.24, 2.45) is 5.92 Å². The van der Waals surface area contributed by atoms with Gasteiger partial charge in [-0.2, -0.15) is 0 Å². The molecular formula is C16H18N4O3. The van der Waals surface area contributed by atoms with Gasteiger partial charge >= 0.3 is 5.97 Å². The fraction of sp³-hybridized carbons (Fsp3) is 0.375. The van der Waals surface area contributed by atoms with Gasteiger partial charge in [-0.3, -0.25) is 19.6 Å². The van der Waals surface area contributed by atoms with Crippen molar-refractivity contribution in [3.8, 4) is 0 Å². The Morgan fingerprint density at radius 3 is 2.96 bits per heavy atom. The van der Waals surface area contributed by atoms with Crippen LogP contribution in [0.4, 0.5) is 0 Å². The monoisotopic (exact) mass is 314 g/mol. The number of nitrogens with zero attached hydrogens (tertiary/aromatic N) is 3. The summed E-state index contributed by atoms with van der Waals surface area (Å²) in [6.45, 7) is 2.23. The van der Waals surface area contributed by atoms with E-state index in [1.165, 1.54) is 0 Å². The fourth-order valence-electron chi connectivity index (χ4n) is 2.89. The van der Waals surface area contributed by atoms with Crippen molar-refractivity contribution in [2.45, 2.75) is 6.42 Å². The van der Waals surface area contributed by atoms with Gasteiger partial charge in [-0.1, -0.05) is 6.07 Å². The third-order valence-corrected chi connectivity index (χ3v) is 3.95. The van der Waals surface area contributed by atoms with Crippen LogP contribution in [0.25, 0.3) is 11.0 Å². The van der Waals surface area contributed by atoms with Gasteiger partial charge in [0.05, 0.1) is 17.5 Å². The topological polar surface area (TPSA) is 95.4 Å². The van der Waals surface area contributed by atoms with Gasteiger partial charge in [0, 0.05) is 38.6 Å². The Bertz CT molecular complexity index is 729. The van der Waals surface area contributed by atoms with E-state index < -0.39 is 5.97 Å². The summed E-state index contributed by atoms with van der Waals surface area (Å²) >= 11 is 0. The molecule has 1 aromatic heterocycles. The van der Waals surface area contributed by atoms with E-state index in [0.717, 1.165) is 0 Å². The molecule has 0 aliphatic carbocycles. The van der Waals surface area contributed by atoms with E-state index in [-0.39, 0.29) is 18.2 Å². The molecule has 7 heteroatoms. The molecule has 2 heterocycles. The maximum atomic E-state index is 12.9. The summed E-state index contributed by atoms with van der Waals surface area (Å²) in [5, 5.41) is 12.2. The number of benzene rings is 1. The minimum absolute atomic E-state index is 0.0477. The van der Waals surface area contributed by atoms with Crippen LogP contribution in [0.1, 0.15) is 16.8 Å². The lowest BCUT2D eigenvalue weighted by molar-refractivity contribution is -0.138. The Hall–Kier alpha value is -2.54. The zero-order valence-corrected chi connectivity index (χ0v) is 12.6. The van der Waals surface area contributed by atoms with Gasteiger partial charge in [0.25, 0.3) is 5.91 Å². The van der Waals surface area contributed by atoms with Crippen LogP contribution in [0.15, 0.2) is 30.6 Å². The molecular weight excluding hydrogens is 296 g/mol. The average molecular weight is 314 g/mol. The van der Waals surface area contributed by atoms with Crippen LogP contribution in [0.2, 0.25) is 0 Å². The van der Waals surface area contributed by atoms with Crippen molar-refractivity contribution >= 4 is 22.9 Å². The number of carbonyl (C=O) groups excluding carboxylic acids is 1.